The molecule has 0 aliphatic carbocycles. The number of rotatable bonds is 3. The lowest BCUT2D eigenvalue weighted by Gasteiger charge is -2.32. The predicted octanol–water partition coefficient (Wildman–Crippen LogP) is 1.18. The monoisotopic (exact) mass is 348 g/mol. The van der Waals surface area contributed by atoms with Crippen molar-refractivity contribution in [1.82, 2.24) is 4.90 Å². The largest absolute Gasteiger partial charge is 0.368 e. The van der Waals surface area contributed by atoms with Gasteiger partial charge in [0.05, 0.1) is 0 Å². The van der Waals surface area contributed by atoms with Crippen LogP contribution in [0.25, 0.3) is 0 Å². The Morgan fingerprint density at radius 2 is 2.05 bits per heavy atom. The molecule has 2 N–H and O–H groups in total. The topological polar surface area (TPSA) is 63.4 Å². The summed E-state index contributed by atoms with van der Waals surface area (Å²) >= 11 is 3.18. The van der Waals surface area contributed by atoms with Crippen LogP contribution in [0.2, 0.25) is 0 Å². The first kappa shape index (κ1) is 14.6. The molecule has 1 aromatic carbocycles. The predicted molar refractivity (Wildman–Crippen MR) is 75.5 cm³/mol. The highest BCUT2D eigenvalue weighted by atomic mass is 79.9. The quantitative estimate of drug-likeness (QED) is 0.891. The average molecular weight is 349 g/mol. The second-order valence-corrected chi connectivity index (χ2v) is 6.97. The van der Waals surface area contributed by atoms with Gasteiger partial charge in [-0.3, -0.25) is 13.9 Å². The molecule has 1 aliphatic heterocycles. The van der Waals surface area contributed by atoms with Crippen LogP contribution in [0.4, 0.5) is 4.39 Å². The third-order valence-corrected chi connectivity index (χ3v) is 4.87. The molecule has 0 radical (unpaired) electrons. The number of benzene rings is 1. The number of halogens is 2. The van der Waals surface area contributed by atoms with E-state index >= 15 is 0 Å². The first-order valence-corrected chi connectivity index (χ1v) is 8.10. The van der Waals surface area contributed by atoms with Crippen LogP contribution in [-0.4, -0.2) is 39.6 Å². The molecule has 1 atom stereocenters. The molecule has 0 spiro atoms. The van der Waals surface area contributed by atoms with Crippen LogP contribution in [0, 0.1) is 5.82 Å². The Bertz CT molecular complexity index is 516. The van der Waals surface area contributed by atoms with Crippen molar-refractivity contribution in [2.24, 2.45) is 5.73 Å². The molecular weight excluding hydrogens is 335 g/mol. The maximum absolute atomic E-state index is 14.0. The van der Waals surface area contributed by atoms with Crippen molar-refractivity contribution < 1.29 is 13.4 Å². The number of carbonyl (C=O) groups is 1. The molecule has 1 heterocycles. The van der Waals surface area contributed by atoms with E-state index in [4.69, 9.17) is 5.73 Å². The van der Waals surface area contributed by atoms with Gasteiger partial charge in [-0.15, -0.1) is 0 Å². The minimum Gasteiger partial charge on any atom is -0.368 e. The van der Waals surface area contributed by atoms with Crippen LogP contribution in [-0.2, 0) is 15.6 Å². The summed E-state index contributed by atoms with van der Waals surface area (Å²) in [6.45, 7) is 0.964. The summed E-state index contributed by atoms with van der Waals surface area (Å²) in [6, 6.07) is 3.75. The summed E-state index contributed by atoms with van der Waals surface area (Å²) in [5.74, 6) is -0.0806. The summed E-state index contributed by atoms with van der Waals surface area (Å²) in [5.41, 5.74) is 5.67. The molecule has 104 valence electrons. The number of carbonyl (C=O) groups excluding carboxylic acids is 1. The van der Waals surface area contributed by atoms with E-state index < -0.39 is 28.6 Å². The average Bonchev–Trinajstić information content (AvgIpc) is 2.34. The second-order valence-electron chi connectivity index (χ2n) is 4.35. The Balaban J connectivity index is 2.29. The van der Waals surface area contributed by atoms with Crippen molar-refractivity contribution in [3.8, 4) is 0 Å². The lowest BCUT2D eigenvalue weighted by molar-refractivity contribution is -0.123. The Morgan fingerprint density at radius 3 is 2.58 bits per heavy atom. The molecule has 1 aromatic rings. The molecule has 7 heteroatoms. The molecule has 0 unspecified atom stereocenters. The highest BCUT2D eigenvalue weighted by Crippen LogP contribution is 2.26. The Labute approximate surface area is 121 Å². The van der Waals surface area contributed by atoms with Gasteiger partial charge < -0.3 is 5.73 Å². The zero-order valence-electron chi connectivity index (χ0n) is 10.1. The van der Waals surface area contributed by atoms with E-state index in [2.05, 4.69) is 15.9 Å². The Hall–Kier alpha value is -0.790. The van der Waals surface area contributed by atoms with Gasteiger partial charge in [-0.2, -0.15) is 0 Å². The molecule has 0 bridgehead atoms. The SMILES string of the molecule is NC(=O)[C@@H](c1ccc(Br)cc1F)N1CCS(=O)CC1. The van der Waals surface area contributed by atoms with E-state index in [0.29, 0.717) is 29.1 Å². The van der Waals surface area contributed by atoms with Crippen LogP contribution < -0.4 is 5.73 Å². The van der Waals surface area contributed by atoms with Crippen LogP contribution in [0.1, 0.15) is 11.6 Å². The highest BCUT2D eigenvalue weighted by Gasteiger charge is 2.30. The minimum atomic E-state index is -0.851. The number of nitrogens with two attached hydrogens (primary N) is 1. The molecule has 0 aromatic heterocycles. The zero-order chi connectivity index (χ0) is 14.0. The van der Waals surface area contributed by atoms with E-state index in [1.54, 1.807) is 17.0 Å². The molecule has 4 nitrogen and oxygen atoms in total. The van der Waals surface area contributed by atoms with Crippen LogP contribution in [0.5, 0.6) is 0 Å². The van der Waals surface area contributed by atoms with Crippen LogP contribution in [0.3, 0.4) is 0 Å². The van der Waals surface area contributed by atoms with Crippen LogP contribution in [0.15, 0.2) is 22.7 Å². The summed E-state index contributed by atoms with van der Waals surface area (Å²) in [7, 11) is -0.851. The molecule has 19 heavy (non-hydrogen) atoms. The molecule has 2 rings (SSSR count). The molecule has 1 aliphatic rings. The van der Waals surface area contributed by atoms with E-state index in [1.165, 1.54) is 6.07 Å². The first-order chi connectivity index (χ1) is 8.99. The summed E-state index contributed by atoms with van der Waals surface area (Å²) in [5, 5.41) is 0. The smallest absolute Gasteiger partial charge is 0.239 e. The van der Waals surface area contributed by atoms with E-state index in [0.717, 1.165) is 0 Å². The van der Waals surface area contributed by atoms with Crippen molar-refractivity contribution in [2.45, 2.75) is 6.04 Å². The molecular formula is C12H14BrFN2O2S. The van der Waals surface area contributed by atoms with Crippen LogP contribution >= 0.6 is 15.9 Å². The van der Waals surface area contributed by atoms with Gasteiger partial charge in [0, 0.05) is 45.4 Å². The van der Waals surface area contributed by atoms with Gasteiger partial charge >= 0.3 is 0 Å². The normalized spacial score (nSPS) is 19.3. The summed E-state index contributed by atoms with van der Waals surface area (Å²) < 4.78 is 25.9. The standard InChI is InChI=1S/C12H14BrFN2O2S/c13-8-1-2-9(10(14)7-8)11(12(15)17)16-3-5-19(18)6-4-16/h1-2,7,11H,3-6H2,(H2,15,17)/t11-/m1/s1. The lowest BCUT2D eigenvalue weighted by Crippen LogP contribution is -2.45. The van der Waals surface area contributed by atoms with Gasteiger partial charge in [-0.05, 0) is 12.1 Å². The number of primary amides is 1. The third kappa shape index (κ3) is 3.40. The number of hydrogen-bond donors (Lipinski definition) is 1. The zero-order valence-corrected chi connectivity index (χ0v) is 12.5. The first-order valence-electron chi connectivity index (χ1n) is 5.82. The minimum absolute atomic E-state index is 0.267. The Morgan fingerprint density at radius 1 is 1.42 bits per heavy atom. The maximum atomic E-state index is 14.0. The van der Waals surface area contributed by atoms with E-state index in [1.807, 2.05) is 0 Å². The van der Waals surface area contributed by atoms with E-state index in [-0.39, 0.29) is 5.56 Å². The van der Waals surface area contributed by atoms with Gasteiger partial charge in [0.1, 0.15) is 11.9 Å². The lowest BCUT2D eigenvalue weighted by atomic mass is 10.0. The van der Waals surface area contributed by atoms with Gasteiger partial charge in [-0.25, -0.2) is 4.39 Å². The van der Waals surface area contributed by atoms with Gasteiger partial charge in [0.25, 0.3) is 0 Å². The molecule has 1 amide bonds. The van der Waals surface area contributed by atoms with E-state index in [9.17, 15) is 13.4 Å². The fraction of sp³-hybridized carbons (Fsp3) is 0.417. The molecule has 1 fully saturated rings. The Kier molecular flexibility index (Phi) is 4.70. The number of amides is 1. The molecule has 0 saturated carbocycles. The highest BCUT2D eigenvalue weighted by molar-refractivity contribution is 9.10. The second kappa shape index (κ2) is 6.11. The van der Waals surface area contributed by atoms with Crippen molar-refractivity contribution in [3.63, 3.8) is 0 Å². The summed E-state index contributed by atoms with van der Waals surface area (Å²) in [6.07, 6.45) is 0. The maximum Gasteiger partial charge on any atom is 0.239 e. The van der Waals surface area contributed by atoms with Gasteiger partial charge in [-0.1, -0.05) is 22.0 Å². The van der Waals surface area contributed by atoms with Crippen molar-refractivity contribution in [1.29, 1.82) is 0 Å². The van der Waals surface area contributed by atoms with Crippen molar-refractivity contribution >= 4 is 32.6 Å². The fourth-order valence-corrected chi connectivity index (χ4v) is 3.58. The number of hydrogen-bond acceptors (Lipinski definition) is 3. The van der Waals surface area contributed by atoms with Gasteiger partial charge in [0.15, 0.2) is 0 Å². The summed E-state index contributed by atoms with van der Waals surface area (Å²) in [4.78, 5) is 13.4. The number of nitrogens with zero attached hydrogens (tertiary/aromatic N) is 1. The van der Waals surface area contributed by atoms with Crippen molar-refractivity contribution in [2.75, 3.05) is 24.6 Å². The van der Waals surface area contributed by atoms with Crippen molar-refractivity contribution in [3.05, 3.63) is 34.1 Å². The molecule has 1 saturated heterocycles. The fourth-order valence-electron chi connectivity index (χ4n) is 2.16. The van der Waals surface area contributed by atoms with Gasteiger partial charge in [0.2, 0.25) is 5.91 Å². The third-order valence-electron chi connectivity index (χ3n) is 3.10.